The summed E-state index contributed by atoms with van der Waals surface area (Å²) in [4.78, 5) is 11.9. The lowest BCUT2D eigenvalue weighted by atomic mass is 10.1. The summed E-state index contributed by atoms with van der Waals surface area (Å²) in [6.45, 7) is 0. The molecule has 0 saturated heterocycles. The number of hydrogen-bond acceptors (Lipinski definition) is 4. The number of anilines is 1. The van der Waals surface area contributed by atoms with Gasteiger partial charge >= 0.3 is 6.18 Å². The predicted molar refractivity (Wildman–Crippen MR) is 88.1 cm³/mol. The Kier molecular flexibility index (Phi) is 5.57. The summed E-state index contributed by atoms with van der Waals surface area (Å²) >= 11 is 0. The molecule has 0 aliphatic rings. The maximum Gasteiger partial charge on any atom is 0.416 e. The number of nitrogens with two attached hydrogens (primary N) is 1. The van der Waals surface area contributed by atoms with E-state index >= 15 is 0 Å². The first kappa shape index (κ1) is 19.7. The van der Waals surface area contributed by atoms with Crippen molar-refractivity contribution in [2.24, 2.45) is 5.14 Å². The maximum absolute atomic E-state index is 12.7. The van der Waals surface area contributed by atoms with E-state index in [2.05, 4.69) is 5.32 Å². The number of ether oxygens (including phenoxy) is 1. The average Bonchev–Trinajstić information content (AvgIpc) is 2.53. The number of rotatable bonds is 5. The molecule has 2 rings (SSSR count). The SMILES string of the molecule is COc1ccc(S(N)(=O)=O)cc1NC(=O)Cc1cccc(C(F)(F)F)c1. The summed E-state index contributed by atoms with van der Waals surface area (Å²) in [6, 6.07) is 7.98. The summed E-state index contributed by atoms with van der Waals surface area (Å²) in [5, 5.41) is 7.46. The smallest absolute Gasteiger partial charge is 0.416 e. The van der Waals surface area contributed by atoms with Crippen LogP contribution in [-0.2, 0) is 27.4 Å². The molecule has 0 aliphatic heterocycles. The van der Waals surface area contributed by atoms with Gasteiger partial charge in [-0.15, -0.1) is 0 Å². The largest absolute Gasteiger partial charge is 0.495 e. The molecule has 3 N–H and O–H groups in total. The number of benzene rings is 2. The van der Waals surface area contributed by atoms with Gasteiger partial charge in [0.1, 0.15) is 5.75 Å². The van der Waals surface area contributed by atoms with Crippen molar-refractivity contribution in [3.05, 3.63) is 53.6 Å². The highest BCUT2D eigenvalue weighted by Gasteiger charge is 2.30. The van der Waals surface area contributed by atoms with Crippen molar-refractivity contribution >= 4 is 21.6 Å². The third kappa shape index (κ3) is 4.96. The van der Waals surface area contributed by atoms with E-state index < -0.39 is 27.7 Å². The summed E-state index contributed by atoms with van der Waals surface area (Å²) < 4.78 is 66.0. The fraction of sp³-hybridized carbons (Fsp3) is 0.188. The molecule has 140 valence electrons. The predicted octanol–water partition coefficient (Wildman–Crippen LogP) is 2.54. The molecule has 6 nitrogen and oxygen atoms in total. The molecule has 0 aromatic heterocycles. The van der Waals surface area contributed by atoms with Gasteiger partial charge < -0.3 is 10.1 Å². The zero-order valence-electron chi connectivity index (χ0n) is 13.5. The zero-order chi connectivity index (χ0) is 19.5. The van der Waals surface area contributed by atoms with E-state index in [0.717, 1.165) is 18.2 Å². The number of carbonyl (C=O) groups excluding carboxylic acids is 1. The van der Waals surface area contributed by atoms with Crippen LogP contribution < -0.4 is 15.2 Å². The van der Waals surface area contributed by atoms with Gasteiger partial charge in [0.25, 0.3) is 0 Å². The van der Waals surface area contributed by atoms with Gasteiger partial charge in [0.05, 0.1) is 29.7 Å². The number of methoxy groups -OCH3 is 1. The normalized spacial score (nSPS) is 11.9. The molecule has 2 aromatic rings. The molecule has 0 bridgehead atoms. The van der Waals surface area contributed by atoms with Crippen molar-refractivity contribution in [1.29, 1.82) is 0 Å². The molecular formula is C16H15F3N2O4S. The van der Waals surface area contributed by atoms with E-state index in [-0.39, 0.29) is 28.3 Å². The number of amides is 1. The van der Waals surface area contributed by atoms with Crippen molar-refractivity contribution < 1.29 is 31.1 Å². The molecular weight excluding hydrogens is 373 g/mol. The zero-order valence-corrected chi connectivity index (χ0v) is 14.3. The van der Waals surface area contributed by atoms with Crippen LogP contribution in [0.15, 0.2) is 47.4 Å². The van der Waals surface area contributed by atoms with Crippen LogP contribution >= 0.6 is 0 Å². The maximum atomic E-state index is 12.7. The molecule has 0 spiro atoms. The van der Waals surface area contributed by atoms with Gasteiger partial charge in [0.2, 0.25) is 15.9 Å². The third-order valence-corrected chi connectivity index (χ3v) is 4.30. The van der Waals surface area contributed by atoms with Crippen LogP contribution in [0.5, 0.6) is 5.75 Å². The van der Waals surface area contributed by atoms with Gasteiger partial charge in [0.15, 0.2) is 0 Å². The number of primary sulfonamides is 1. The number of carbonyl (C=O) groups is 1. The molecule has 0 radical (unpaired) electrons. The van der Waals surface area contributed by atoms with Crippen LogP contribution in [0, 0.1) is 0 Å². The van der Waals surface area contributed by atoms with E-state index in [1.165, 1.54) is 31.4 Å². The molecule has 2 aromatic carbocycles. The Morgan fingerprint density at radius 3 is 2.46 bits per heavy atom. The first-order chi connectivity index (χ1) is 12.0. The van der Waals surface area contributed by atoms with Gasteiger partial charge in [-0.2, -0.15) is 13.2 Å². The number of nitrogens with one attached hydrogen (secondary N) is 1. The minimum Gasteiger partial charge on any atom is -0.495 e. The van der Waals surface area contributed by atoms with E-state index in [4.69, 9.17) is 9.88 Å². The summed E-state index contributed by atoms with van der Waals surface area (Å²) in [6.07, 6.45) is -4.85. The second-order valence-corrected chi connectivity index (χ2v) is 6.89. The first-order valence-electron chi connectivity index (χ1n) is 7.17. The second-order valence-electron chi connectivity index (χ2n) is 5.33. The average molecular weight is 388 g/mol. The van der Waals surface area contributed by atoms with Crippen LogP contribution in [-0.4, -0.2) is 21.4 Å². The Balaban J connectivity index is 2.23. The molecule has 1 amide bonds. The van der Waals surface area contributed by atoms with Crippen molar-refractivity contribution in [1.82, 2.24) is 0 Å². The number of sulfonamides is 1. The van der Waals surface area contributed by atoms with Crippen LogP contribution in [0.25, 0.3) is 0 Å². The van der Waals surface area contributed by atoms with Crippen LogP contribution in [0.3, 0.4) is 0 Å². The summed E-state index contributed by atoms with van der Waals surface area (Å²) in [5.74, 6) is -0.469. The van der Waals surface area contributed by atoms with Crippen LogP contribution in [0.1, 0.15) is 11.1 Å². The minimum atomic E-state index is -4.51. The van der Waals surface area contributed by atoms with E-state index in [1.807, 2.05) is 0 Å². The Bertz CT molecular complexity index is 927. The second kappa shape index (κ2) is 7.34. The Morgan fingerprint density at radius 1 is 1.19 bits per heavy atom. The van der Waals surface area contributed by atoms with Crippen molar-refractivity contribution in [2.45, 2.75) is 17.5 Å². The highest BCUT2D eigenvalue weighted by atomic mass is 32.2. The van der Waals surface area contributed by atoms with E-state index in [0.29, 0.717) is 0 Å². The van der Waals surface area contributed by atoms with Gasteiger partial charge in [-0.05, 0) is 29.8 Å². The molecule has 0 heterocycles. The Morgan fingerprint density at radius 2 is 1.88 bits per heavy atom. The highest BCUT2D eigenvalue weighted by molar-refractivity contribution is 7.89. The molecule has 0 fully saturated rings. The molecule has 0 unspecified atom stereocenters. The lowest BCUT2D eigenvalue weighted by Gasteiger charge is -2.12. The minimum absolute atomic E-state index is 0.0380. The van der Waals surface area contributed by atoms with Gasteiger partial charge in [-0.1, -0.05) is 18.2 Å². The number of hydrogen-bond donors (Lipinski definition) is 2. The van der Waals surface area contributed by atoms with Gasteiger partial charge in [0, 0.05) is 0 Å². The molecule has 26 heavy (non-hydrogen) atoms. The monoisotopic (exact) mass is 388 g/mol. The number of alkyl halides is 3. The lowest BCUT2D eigenvalue weighted by molar-refractivity contribution is -0.137. The fourth-order valence-corrected chi connectivity index (χ4v) is 2.74. The van der Waals surface area contributed by atoms with Crippen LogP contribution in [0.2, 0.25) is 0 Å². The van der Waals surface area contributed by atoms with Crippen molar-refractivity contribution in [3.63, 3.8) is 0 Å². The standard InChI is InChI=1S/C16H15F3N2O4S/c1-25-14-6-5-12(26(20,23)24)9-13(14)21-15(22)8-10-3-2-4-11(7-10)16(17,18)19/h2-7,9H,8H2,1H3,(H,21,22)(H2,20,23,24). The van der Waals surface area contributed by atoms with E-state index in [9.17, 15) is 26.4 Å². The molecule has 0 aliphatic carbocycles. The van der Waals surface area contributed by atoms with E-state index in [1.54, 1.807) is 0 Å². The highest BCUT2D eigenvalue weighted by Crippen LogP contribution is 2.30. The summed E-state index contributed by atoms with van der Waals surface area (Å²) in [7, 11) is -2.68. The Labute approximate surface area is 147 Å². The molecule has 0 atom stereocenters. The topological polar surface area (TPSA) is 98.5 Å². The van der Waals surface area contributed by atoms with Gasteiger partial charge in [-0.25, -0.2) is 13.6 Å². The summed E-state index contributed by atoms with van der Waals surface area (Å²) in [5.41, 5.74) is -0.675. The first-order valence-corrected chi connectivity index (χ1v) is 8.72. The number of halogens is 3. The quantitative estimate of drug-likeness (QED) is 0.822. The lowest BCUT2D eigenvalue weighted by Crippen LogP contribution is -2.17. The van der Waals surface area contributed by atoms with Crippen LogP contribution in [0.4, 0.5) is 18.9 Å². The van der Waals surface area contributed by atoms with Gasteiger partial charge in [-0.3, -0.25) is 4.79 Å². The third-order valence-electron chi connectivity index (χ3n) is 3.39. The fourth-order valence-electron chi connectivity index (χ4n) is 2.20. The van der Waals surface area contributed by atoms with Crippen molar-refractivity contribution in [3.8, 4) is 5.75 Å². The van der Waals surface area contributed by atoms with Crippen molar-refractivity contribution in [2.75, 3.05) is 12.4 Å². The Hall–Kier alpha value is -2.59. The molecule has 10 heteroatoms. The molecule has 0 saturated carbocycles.